The molecule has 25 heavy (non-hydrogen) atoms. The molecule has 2 N–H and O–H groups in total. The zero-order valence-electron chi connectivity index (χ0n) is 13.7. The van der Waals surface area contributed by atoms with Crippen molar-refractivity contribution in [3.63, 3.8) is 0 Å². The Balaban J connectivity index is 1.80. The van der Waals surface area contributed by atoms with Crippen LogP contribution in [0, 0.1) is 5.82 Å². The molecular formula is C18H19FN4O2. The molecule has 0 bridgehead atoms. The molecule has 3 rings (SSSR count). The molecular weight excluding hydrogens is 323 g/mol. The quantitative estimate of drug-likeness (QED) is 0.893. The number of rotatable bonds is 5. The van der Waals surface area contributed by atoms with E-state index in [1.54, 1.807) is 12.1 Å². The molecule has 0 saturated carbocycles. The maximum atomic E-state index is 13.0. The summed E-state index contributed by atoms with van der Waals surface area (Å²) in [7, 11) is 0. The standard InChI is InChI=1S/C18H19FN4O2/c19-14-5-2-13(3-6-14)4-7-16(24)23-11-1-8-18(23,17(20)25)15-12-21-9-10-22-15/h2-3,5-6,9-10,12H,1,4,7-8,11H2,(H2,20,25)/t18-/m1/s1. The van der Waals surface area contributed by atoms with Gasteiger partial charge >= 0.3 is 0 Å². The number of nitrogens with zero attached hydrogens (tertiary/aromatic N) is 3. The van der Waals surface area contributed by atoms with Gasteiger partial charge in [-0.05, 0) is 37.0 Å². The first-order valence-corrected chi connectivity index (χ1v) is 8.15. The van der Waals surface area contributed by atoms with Gasteiger partial charge in [-0.3, -0.25) is 19.6 Å². The Bertz CT molecular complexity index is 766. The van der Waals surface area contributed by atoms with Crippen LogP contribution in [0.1, 0.15) is 30.5 Å². The van der Waals surface area contributed by atoms with Crippen LogP contribution in [0.3, 0.4) is 0 Å². The Morgan fingerprint density at radius 2 is 2.00 bits per heavy atom. The highest BCUT2D eigenvalue weighted by atomic mass is 19.1. The molecule has 7 heteroatoms. The van der Waals surface area contributed by atoms with Crippen molar-refractivity contribution < 1.29 is 14.0 Å². The lowest BCUT2D eigenvalue weighted by Crippen LogP contribution is -2.54. The summed E-state index contributed by atoms with van der Waals surface area (Å²) in [5.41, 5.74) is 5.69. The smallest absolute Gasteiger partial charge is 0.249 e. The third-order valence-corrected chi connectivity index (χ3v) is 4.62. The molecule has 0 aliphatic carbocycles. The van der Waals surface area contributed by atoms with Crippen molar-refractivity contribution in [1.29, 1.82) is 0 Å². The van der Waals surface area contributed by atoms with Gasteiger partial charge < -0.3 is 10.6 Å². The molecule has 1 aliphatic heterocycles. The molecule has 0 radical (unpaired) electrons. The second-order valence-corrected chi connectivity index (χ2v) is 6.09. The minimum absolute atomic E-state index is 0.175. The first kappa shape index (κ1) is 17.0. The molecule has 6 nitrogen and oxygen atoms in total. The SMILES string of the molecule is NC(=O)[C@]1(c2cnccn2)CCCN1C(=O)CCc1ccc(F)cc1. The van der Waals surface area contributed by atoms with E-state index in [1.165, 1.54) is 35.6 Å². The van der Waals surface area contributed by atoms with Crippen LogP contribution < -0.4 is 5.73 Å². The number of primary amides is 1. The molecule has 2 aromatic rings. The van der Waals surface area contributed by atoms with Crippen molar-refractivity contribution in [1.82, 2.24) is 14.9 Å². The van der Waals surface area contributed by atoms with Crippen LogP contribution in [-0.4, -0.2) is 33.2 Å². The summed E-state index contributed by atoms with van der Waals surface area (Å²) in [6.07, 6.45) is 6.25. The van der Waals surface area contributed by atoms with Gasteiger partial charge in [0.2, 0.25) is 11.8 Å². The Kier molecular flexibility index (Phi) is 4.74. The molecule has 1 aliphatic rings. The van der Waals surface area contributed by atoms with Gasteiger partial charge in [-0.15, -0.1) is 0 Å². The predicted octanol–water partition coefficient (Wildman–Crippen LogP) is 1.55. The molecule has 2 amide bonds. The van der Waals surface area contributed by atoms with Crippen LogP contribution in [-0.2, 0) is 21.5 Å². The lowest BCUT2D eigenvalue weighted by molar-refractivity contribution is -0.144. The number of benzene rings is 1. The number of aromatic nitrogens is 2. The topological polar surface area (TPSA) is 89.2 Å². The van der Waals surface area contributed by atoms with Gasteiger partial charge in [-0.25, -0.2) is 4.39 Å². The predicted molar refractivity (Wildman–Crippen MR) is 88.6 cm³/mol. The van der Waals surface area contributed by atoms with Crippen molar-refractivity contribution >= 4 is 11.8 Å². The first-order valence-electron chi connectivity index (χ1n) is 8.15. The van der Waals surface area contributed by atoms with Crippen LogP contribution >= 0.6 is 0 Å². The molecule has 1 atom stereocenters. The maximum absolute atomic E-state index is 13.0. The highest BCUT2D eigenvalue weighted by Gasteiger charge is 2.51. The number of hydrogen-bond donors (Lipinski definition) is 1. The summed E-state index contributed by atoms with van der Waals surface area (Å²) in [5, 5.41) is 0. The molecule has 1 saturated heterocycles. The van der Waals surface area contributed by atoms with Crippen LogP contribution in [0.5, 0.6) is 0 Å². The van der Waals surface area contributed by atoms with Crippen molar-refractivity contribution in [2.75, 3.05) is 6.54 Å². The zero-order valence-corrected chi connectivity index (χ0v) is 13.7. The largest absolute Gasteiger partial charge is 0.367 e. The summed E-state index contributed by atoms with van der Waals surface area (Å²) in [5.74, 6) is -1.09. The average molecular weight is 342 g/mol. The monoisotopic (exact) mass is 342 g/mol. The third kappa shape index (κ3) is 3.22. The summed E-state index contributed by atoms with van der Waals surface area (Å²) < 4.78 is 13.0. The van der Waals surface area contributed by atoms with Gasteiger partial charge in [-0.1, -0.05) is 12.1 Å². The van der Waals surface area contributed by atoms with Crippen molar-refractivity contribution in [2.24, 2.45) is 5.73 Å². The molecule has 0 unspecified atom stereocenters. The van der Waals surface area contributed by atoms with Crippen LogP contribution in [0.25, 0.3) is 0 Å². The summed E-state index contributed by atoms with van der Waals surface area (Å²) in [4.78, 5) is 34.8. The average Bonchev–Trinajstić information content (AvgIpc) is 3.08. The highest BCUT2D eigenvalue weighted by molar-refractivity contribution is 5.91. The Labute approximate surface area is 144 Å². The lowest BCUT2D eigenvalue weighted by atomic mass is 9.90. The van der Waals surface area contributed by atoms with E-state index in [0.29, 0.717) is 31.5 Å². The number of nitrogens with two attached hydrogens (primary N) is 1. The summed E-state index contributed by atoms with van der Waals surface area (Å²) in [6.45, 7) is 0.446. The molecule has 1 aromatic heterocycles. The van der Waals surface area contributed by atoms with E-state index in [1.807, 2.05) is 0 Å². The fourth-order valence-electron chi connectivity index (χ4n) is 3.36. The van der Waals surface area contributed by atoms with E-state index in [9.17, 15) is 14.0 Å². The van der Waals surface area contributed by atoms with Gasteiger partial charge in [-0.2, -0.15) is 0 Å². The Morgan fingerprint density at radius 3 is 2.64 bits per heavy atom. The Hall–Kier alpha value is -2.83. The number of carbonyl (C=O) groups is 2. The van der Waals surface area contributed by atoms with Crippen LogP contribution in [0.2, 0.25) is 0 Å². The van der Waals surface area contributed by atoms with Crippen molar-refractivity contribution in [2.45, 2.75) is 31.2 Å². The van der Waals surface area contributed by atoms with E-state index in [-0.39, 0.29) is 18.1 Å². The molecule has 0 spiro atoms. The van der Waals surface area contributed by atoms with E-state index in [4.69, 9.17) is 5.73 Å². The second-order valence-electron chi connectivity index (χ2n) is 6.09. The van der Waals surface area contributed by atoms with Gasteiger partial charge in [0, 0.05) is 25.4 Å². The molecule has 1 aromatic carbocycles. The normalized spacial score (nSPS) is 19.8. The van der Waals surface area contributed by atoms with Gasteiger partial charge in [0.05, 0.1) is 11.9 Å². The van der Waals surface area contributed by atoms with Gasteiger partial charge in [0.1, 0.15) is 5.82 Å². The molecule has 2 heterocycles. The first-order chi connectivity index (χ1) is 12.0. The minimum Gasteiger partial charge on any atom is -0.367 e. The Morgan fingerprint density at radius 1 is 1.24 bits per heavy atom. The van der Waals surface area contributed by atoms with Crippen molar-refractivity contribution in [3.8, 4) is 0 Å². The fraction of sp³-hybridized carbons (Fsp3) is 0.333. The summed E-state index contributed by atoms with van der Waals surface area (Å²) >= 11 is 0. The number of halogens is 1. The minimum atomic E-state index is -1.24. The summed E-state index contributed by atoms with van der Waals surface area (Å²) in [6, 6.07) is 6.03. The number of carbonyl (C=O) groups excluding carboxylic acids is 2. The third-order valence-electron chi connectivity index (χ3n) is 4.62. The van der Waals surface area contributed by atoms with E-state index in [0.717, 1.165) is 5.56 Å². The maximum Gasteiger partial charge on any atom is 0.249 e. The fourth-order valence-corrected chi connectivity index (χ4v) is 3.36. The van der Waals surface area contributed by atoms with E-state index < -0.39 is 11.4 Å². The highest BCUT2D eigenvalue weighted by Crippen LogP contribution is 2.38. The lowest BCUT2D eigenvalue weighted by Gasteiger charge is -2.35. The van der Waals surface area contributed by atoms with Gasteiger partial charge in [0.25, 0.3) is 0 Å². The zero-order chi connectivity index (χ0) is 17.9. The van der Waals surface area contributed by atoms with E-state index >= 15 is 0 Å². The van der Waals surface area contributed by atoms with E-state index in [2.05, 4.69) is 9.97 Å². The number of likely N-dealkylation sites (tertiary alicyclic amines) is 1. The van der Waals surface area contributed by atoms with Crippen LogP contribution in [0.15, 0.2) is 42.9 Å². The van der Waals surface area contributed by atoms with Crippen molar-refractivity contribution in [3.05, 3.63) is 59.9 Å². The number of aryl methyl sites for hydroxylation is 1. The van der Waals surface area contributed by atoms with Gasteiger partial charge in [0.15, 0.2) is 5.54 Å². The number of hydrogen-bond acceptors (Lipinski definition) is 4. The number of amides is 2. The van der Waals surface area contributed by atoms with Crippen LogP contribution in [0.4, 0.5) is 4.39 Å². The molecule has 1 fully saturated rings. The second kappa shape index (κ2) is 6.96. The molecule has 130 valence electrons.